The van der Waals surface area contributed by atoms with Crippen molar-refractivity contribution in [3.63, 3.8) is 0 Å². The first-order valence-electron chi connectivity index (χ1n) is 8.30. The Morgan fingerprint density at radius 1 is 1.40 bits per heavy atom. The fourth-order valence-corrected chi connectivity index (χ4v) is 4.99. The number of hydrogen-bond donors (Lipinski definition) is 1. The topological polar surface area (TPSA) is 79.8 Å². The highest BCUT2D eigenvalue weighted by atomic mass is 32.2. The highest BCUT2D eigenvalue weighted by Gasteiger charge is 2.24. The number of rotatable bonds is 4. The first-order chi connectivity index (χ1) is 12.1. The molecule has 3 rings (SSSR count). The van der Waals surface area contributed by atoms with E-state index in [1.165, 1.54) is 40.6 Å². The smallest absolute Gasteiger partial charge is 0.252 e. The van der Waals surface area contributed by atoms with Crippen LogP contribution in [0.25, 0.3) is 0 Å². The first kappa shape index (κ1) is 17.8. The molecule has 1 N–H and O–H groups in total. The van der Waals surface area contributed by atoms with Crippen LogP contribution < -0.4 is 10.0 Å². The average Bonchev–Trinajstić information content (AvgIpc) is 2.76. The Kier molecular flexibility index (Phi) is 5.61. The van der Waals surface area contributed by atoms with Crippen molar-refractivity contribution in [3.8, 4) is 6.07 Å². The summed E-state index contributed by atoms with van der Waals surface area (Å²) in [6.07, 6.45) is 6.72. The predicted octanol–water partition coefficient (Wildman–Crippen LogP) is 3.64. The van der Waals surface area contributed by atoms with Crippen molar-refractivity contribution in [1.29, 1.82) is 5.26 Å². The Bertz CT molecular complexity index is 826. The summed E-state index contributed by atoms with van der Waals surface area (Å²) in [4.78, 5) is 13.8. The molecule has 0 radical (unpaired) electrons. The van der Waals surface area contributed by atoms with E-state index in [9.17, 15) is 15.3 Å². The quantitative estimate of drug-likeness (QED) is 0.384. The van der Waals surface area contributed by atoms with E-state index in [0.717, 1.165) is 36.0 Å². The van der Waals surface area contributed by atoms with Gasteiger partial charge < -0.3 is 10.5 Å². The van der Waals surface area contributed by atoms with Crippen LogP contribution in [0.3, 0.4) is 0 Å². The number of carbonyl (C=O) groups excluding carboxylic acids is 1. The summed E-state index contributed by atoms with van der Waals surface area (Å²) in [5, 5.41) is 24.9. The molecular formula is C18H19N3O2S2. The van der Waals surface area contributed by atoms with Gasteiger partial charge in [-0.05, 0) is 56.0 Å². The number of hydrogen-bond acceptors (Lipinski definition) is 5. The average molecular weight is 374 g/mol. The van der Waals surface area contributed by atoms with Gasteiger partial charge >= 0.3 is 0 Å². The molecule has 130 valence electrons. The number of carbonyl (C=O) groups is 1. The molecule has 25 heavy (non-hydrogen) atoms. The summed E-state index contributed by atoms with van der Waals surface area (Å²) in [6, 6.07) is 7.38. The van der Waals surface area contributed by atoms with Gasteiger partial charge in [-0.25, -0.2) is 0 Å². The number of pyridine rings is 1. The minimum Gasteiger partial charge on any atom is -0.618 e. The van der Waals surface area contributed by atoms with Crippen LogP contribution in [-0.2, 0) is 17.6 Å². The van der Waals surface area contributed by atoms with Crippen molar-refractivity contribution < 1.29 is 9.52 Å². The van der Waals surface area contributed by atoms with Crippen molar-refractivity contribution >= 4 is 34.0 Å². The van der Waals surface area contributed by atoms with Gasteiger partial charge in [-0.2, -0.15) is 9.99 Å². The third kappa shape index (κ3) is 3.97. The standard InChI is InChI=1S/C18H19N3O2S2/c1-12(24-16-9-5-6-10-21(16)23)17(22)20-18-14(11-19)13-7-3-2-4-8-15(13)25-18/h5-6,9-10,12H,2-4,7-8H2,1H3,(H,20,22)/t12-/m0/s1. The molecule has 0 fully saturated rings. The number of amides is 1. The number of thioether (sulfide) groups is 1. The lowest BCUT2D eigenvalue weighted by atomic mass is 10.1. The Morgan fingerprint density at radius 3 is 2.96 bits per heavy atom. The van der Waals surface area contributed by atoms with Crippen LogP contribution in [-0.4, -0.2) is 11.2 Å². The number of aryl methyl sites for hydroxylation is 1. The highest BCUT2D eigenvalue weighted by molar-refractivity contribution is 8.00. The summed E-state index contributed by atoms with van der Waals surface area (Å²) < 4.78 is 0.752. The Balaban J connectivity index is 1.75. The lowest BCUT2D eigenvalue weighted by molar-refractivity contribution is -0.645. The molecule has 0 saturated carbocycles. The maximum Gasteiger partial charge on any atom is 0.252 e. The lowest BCUT2D eigenvalue weighted by Gasteiger charge is -2.11. The lowest BCUT2D eigenvalue weighted by Crippen LogP contribution is -2.30. The number of anilines is 1. The van der Waals surface area contributed by atoms with Crippen LogP contribution in [0.15, 0.2) is 29.4 Å². The minimum atomic E-state index is -0.434. The highest BCUT2D eigenvalue weighted by Crippen LogP contribution is 2.37. The molecule has 7 heteroatoms. The van der Waals surface area contributed by atoms with E-state index in [1.54, 1.807) is 25.1 Å². The van der Waals surface area contributed by atoms with E-state index in [-0.39, 0.29) is 5.91 Å². The summed E-state index contributed by atoms with van der Waals surface area (Å²) >= 11 is 2.73. The molecule has 0 saturated heterocycles. The fraction of sp³-hybridized carbons (Fsp3) is 0.389. The molecule has 1 aliphatic rings. The number of fused-ring (bicyclic) bond motifs is 1. The Hall–Kier alpha value is -2.04. The second-order valence-electron chi connectivity index (χ2n) is 5.99. The molecule has 2 aromatic rings. The van der Waals surface area contributed by atoms with E-state index in [0.29, 0.717) is 15.6 Å². The van der Waals surface area contributed by atoms with E-state index in [1.807, 2.05) is 0 Å². The first-order valence-corrected chi connectivity index (χ1v) is 10.00. The van der Waals surface area contributed by atoms with E-state index in [4.69, 9.17) is 0 Å². The SMILES string of the molecule is C[C@H](Sc1cccc[n+]1[O-])C(=O)Nc1sc2c(c1C#N)CCCCC2. The molecule has 0 aliphatic heterocycles. The van der Waals surface area contributed by atoms with Crippen molar-refractivity contribution in [2.75, 3.05) is 5.32 Å². The molecule has 1 aliphatic carbocycles. The maximum absolute atomic E-state index is 12.5. The number of nitriles is 1. The zero-order valence-electron chi connectivity index (χ0n) is 13.9. The molecule has 2 heterocycles. The maximum atomic E-state index is 12.5. The van der Waals surface area contributed by atoms with Crippen molar-refractivity contribution in [2.45, 2.75) is 49.3 Å². The number of nitrogens with one attached hydrogen (secondary N) is 1. The fourth-order valence-electron chi connectivity index (χ4n) is 2.90. The second kappa shape index (κ2) is 7.89. The van der Waals surface area contributed by atoms with Gasteiger partial charge in [0.1, 0.15) is 11.1 Å². The molecular weight excluding hydrogens is 354 g/mol. The van der Waals surface area contributed by atoms with E-state index < -0.39 is 5.25 Å². The molecule has 5 nitrogen and oxygen atoms in total. The predicted molar refractivity (Wildman–Crippen MR) is 99.6 cm³/mol. The normalized spacial score (nSPS) is 14.9. The largest absolute Gasteiger partial charge is 0.618 e. The molecule has 0 aromatic carbocycles. The molecule has 1 amide bonds. The third-order valence-electron chi connectivity index (χ3n) is 4.23. The van der Waals surface area contributed by atoms with Crippen LogP contribution in [0, 0.1) is 16.5 Å². The van der Waals surface area contributed by atoms with Crippen LogP contribution in [0.2, 0.25) is 0 Å². The van der Waals surface area contributed by atoms with Crippen molar-refractivity contribution in [3.05, 3.63) is 45.6 Å². The summed E-state index contributed by atoms with van der Waals surface area (Å²) in [7, 11) is 0. The summed E-state index contributed by atoms with van der Waals surface area (Å²) in [5.74, 6) is -0.193. The van der Waals surface area contributed by atoms with E-state index in [2.05, 4.69) is 11.4 Å². The zero-order valence-corrected chi connectivity index (χ0v) is 15.6. The van der Waals surface area contributed by atoms with Gasteiger partial charge in [-0.15, -0.1) is 11.3 Å². The van der Waals surface area contributed by atoms with Crippen LogP contribution in [0.5, 0.6) is 0 Å². The number of thiophene rings is 1. The number of aromatic nitrogens is 1. The molecule has 1 atom stereocenters. The molecule has 2 aromatic heterocycles. The van der Waals surface area contributed by atoms with Crippen LogP contribution in [0.4, 0.5) is 5.00 Å². The van der Waals surface area contributed by atoms with E-state index >= 15 is 0 Å². The monoisotopic (exact) mass is 373 g/mol. The van der Waals surface area contributed by atoms with Gasteiger partial charge in [0.25, 0.3) is 5.03 Å². The molecule has 0 unspecified atom stereocenters. The minimum absolute atomic E-state index is 0.193. The van der Waals surface area contributed by atoms with Crippen LogP contribution >= 0.6 is 23.1 Å². The number of nitrogens with zero attached hydrogens (tertiary/aromatic N) is 2. The van der Waals surface area contributed by atoms with Gasteiger partial charge in [0.05, 0.1) is 10.8 Å². The van der Waals surface area contributed by atoms with Crippen molar-refractivity contribution in [2.24, 2.45) is 0 Å². The molecule has 0 bridgehead atoms. The van der Waals surface area contributed by atoms with Crippen LogP contribution in [0.1, 0.15) is 42.2 Å². The Labute approximate surface area is 155 Å². The summed E-state index contributed by atoms with van der Waals surface area (Å²) in [6.45, 7) is 1.76. The second-order valence-corrected chi connectivity index (χ2v) is 8.46. The zero-order chi connectivity index (χ0) is 17.8. The van der Waals surface area contributed by atoms with Gasteiger partial charge in [0.15, 0.2) is 6.20 Å². The van der Waals surface area contributed by atoms with Gasteiger partial charge in [-0.1, -0.05) is 6.42 Å². The van der Waals surface area contributed by atoms with Crippen molar-refractivity contribution in [1.82, 2.24) is 0 Å². The summed E-state index contributed by atoms with van der Waals surface area (Å²) in [5.41, 5.74) is 1.73. The third-order valence-corrected chi connectivity index (χ3v) is 6.56. The Morgan fingerprint density at radius 2 is 2.20 bits per heavy atom. The van der Waals surface area contributed by atoms with Gasteiger partial charge in [0.2, 0.25) is 5.91 Å². The van der Waals surface area contributed by atoms with Gasteiger partial charge in [-0.3, -0.25) is 4.79 Å². The van der Waals surface area contributed by atoms with Gasteiger partial charge in [0, 0.05) is 17.0 Å². The molecule has 0 spiro atoms.